The van der Waals surface area contributed by atoms with E-state index in [9.17, 15) is 4.79 Å². The van der Waals surface area contributed by atoms with E-state index < -0.39 is 0 Å². The number of carbonyl (C=O) groups is 1. The summed E-state index contributed by atoms with van der Waals surface area (Å²) in [6, 6.07) is 11.4. The molecule has 1 aliphatic rings. The summed E-state index contributed by atoms with van der Waals surface area (Å²) in [6.07, 6.45) is 2.01. The molecule has 1 unspecified atom stereocenters. The fraction of sp³-hybridized carbons (Fsp3) is 0.312. The molecule has 1 saturated heterocycles. The van der Waals surface area contributed by atoms with E-state index in [-0.39, 0.29) is 11.4 Å². The van der Waals surface area contributed by atoms with E-state index in [2.05, 4.69) is 16.0 Å². The summed E-state index contributed by atoms with van der Waals surface area (Å²) in [5.74, 6) is 1.68. The molecule has 0 saturated carbocycles. The Balaban J connectivity index is 1.75. The quantitative estimate of drug-likeness (QED) is 0.944. The van der Waals surface area contributed by atoms with Crippen LogP contribution >= 0.6 is 11.8 Å². The van der Waals surface area contributed by atoms with Gasteiger partial charge in [-0.05, 0) is 24.3 Å². The van der Waals surface area contributed by atoms with Crippen LogP contribution in [0.5, 0.6) is 5.75 Å². The Morgan fingerprint density at radius 3 is 2.95 bits per heavy atom. The van der Waals surface area contributed by atoms with Crippen LogP contribution in [0.3, 0.4) is 0 Å². The Kier molecular flexibility index (Phi) is 4.29. The number of aryl methyl sites for hydroxylation is 1. The van der Waals surface area contributed by atoms with Crippen molar-refractivity contribution in [3.63, 3.8) is 0 Å². The second-order valence-electron chi connectivity index (χ2n) is 5.12. The van der Waals surface area contributed by atoms with E-state index in [4.69, 9.17) is 4.74 Å². The number of ether oxygens (including phenoxy) is 1. The number of hydrogen-bond acceptors (Lipinski definition) is 3. The maximum absolute atomic E-state index is 12.6. The molecule has 0 aliphatic carbocycles. The fourth-order valence-corrected chi connectivity index (χ4v) is 3.87. The molecule has 0 radical (unpaired) electrons. The van der Waals surface area contributed by atoms with Gasteiger partial charge in [0.05, 0.1) is 12.8 Å². The molecule has 1 atom stereocenters. The predicted octanol–water partition coefficient (Wildman–Crippen LogP) is 3.31. The van der Waals surface area contributed by atoms with Gasteiger partial charge in [-0.3, -0.25) is 0 Å². The molecular weight excluding hydrogens is 298 g/mol. The molecule has 5 nitrogen and oxygen atoms in total. The molecule has 1 aromatic heterocycles. The smallest absolute Gasteiger partial charge is 0.323 e. The first-order valence-corrected chi connectivity index (χ1v) is 8.18. The minimum Gasteiger partial charge on any atom is -0.497 e. The Morgan fingerprint density at radius 1 is 1.36 bits per heavy atom. The van der Waals surface area contributed by atoms with Crippen molar-refractivity contribution in [2.75, 3.05) is 24.7 Å². The molecule has 2 heterocycles. The van der Waals surface area contributed by atoms with Crippen molar-refractivity contribution in [2.45, 2.75) is 5.37 Å². The number of nitrogens with one attached hydrogen (secondary N) is 1. The van der Waals surface area contributed by atoms with Crippen molar-refractivity contribution in [3.8, 4) is 5.75 Å². The highest BCUT2D eigenvalue weighted by molar-refractivity contribution is 7.99. The normalized spacial score (nSPS) is 17.5. The van der Waals surface area contributed by atoms with Crippen molar-refractivity contribution in [1.82, 2.24) is 9.47 Å². The highest BCUT2D eigenvalue weighted by atomic mass is 32.2. The molecule has 6 heteroatoms. The predicted molar refractivity (Wildman–Crippen MR) is 89.3 cm³/mol. The lowest BCUT2D eigenvalue weighted by molar-refractivity contribution is 0.213. The van der Waals surface area contributed by atoms with Crippen molar-refractivity contribution in [1.29, 1.82) is 0 Å². The zero-order chi connectivity index (χ0) is 15.5. The average Bonchev–Trinajstić information content (AvgIpc) is 3.15. The van der Waals surface area contributed by atoms with Gasteiger partial charge in [0.2, 0.25) is 0 Å². The molecule has 2 aromatic rings. The third-order valence-corrected chi connectivity index (χ3v) is 4.94. The minimum absolute atomic E-state index is 0.0607. The first-order chi connectivity index (χ1) is 10.7. The van der Waals surface area contributed by atoms with Crippen molar-refractivity contribution in [2.24, 2.45) is 7.05 Å². The molecule has 3 rings (SSSR count). The van der Waals surface area contributed by atoms with Gasteiger partial charge in [0.15, 0.2) is 0 Å². The van der Waals surface area contributed by atoms with Crippen LogP contribution < -0.4 is 10.1 Å². The molecule has 0 spiro atoms. The molecule has 22 heavy (non-hydrogen) atoms. The summed E-state index contributed by atoms with van der Waals surface area (Å²) in [5.41, 5.74) is 1.88. The second kappa shape index (κ2) is 6.36. The third-order valence-electron chi connectivity index (χ3n) is 3.71. The summed E-state index contributed by atoms with van der Waals surface area (Å²) in [5, 5.41) is 3.02. The second-order valence-corrected chi connectivity index (χ2v) is 6.31. The number of aromatic nitrogens is 1. The highest BCUT2D eigenvalue weighted by Gasteiger charge is 2.32. The van der Waals surface area contributed by atoms with Crippen LogP contribution in [-0.4, -0.2) is 34.9 Å². The lowest BCUT2D eigenvalue weighted by atomic mass is 10.3. The van der Waals surface area contributed by atoms with Gasteiger partial charge in [-0.1, -0.05) is 6.07 Å². The molecule has 0 bridgehead atoms. The molecule has 1 N–H and O–H groups in total. The molecule has 1 aliphatic heterocycles. The van der Waals surface area contributed by atoms with Crippen LogP contribution in [0.1, 0.15) is 11.1 Å². The number of thioether (sulfide) groups is 1. The number of urea groups is 1. The number of carbonyl (C=O) groups excluding carboxylic acids is 1. The van der Waals surface area contributed by atoms with Gasteiger partial charge in [-0.25, -0.2) is 4.79 Å². The van der Waals surface area contributed by atoms with Gasteiger partial charge in [-0.2, -0.15) is 0 Å². The molecule has 2 amide bonds. The summed E-state index contributed by atoms with van der Waals surface area (Å²) in [6.45, 7) is 0.746. The topological polar surface area (TPSA) is 46.5 Å². The summed E-state index contributed by atoms with van der Waals surface area (Å²) in [4.78, 5) is 14.5. The lowest BCUT2D eigenvalue weighted by Crippen LogP contribution is -2.34. The maximum Gasteiger partial charge on any atom is 0.323 e. The van der Waals surface area contributed by atoms with Gasteiger partial charge < -0.3 is 19.5 Å². The average molecular weight is 317 g/mol. The Bertz CT molecular complexity index is 671. The summed E-state index contributed by atoms with van der Waals surface area (Å²) < 4.78 is 7.25. The van der Waals surface area contributed by atoms with Crippen LogP contribution in [0, 0.1) is 0 Å². The van der Waals surface area contributed by atoms with Crippen LogP contribution in [0.25, 0.3) is 0 Å². The van der Waals surface area contributed by atoms with Crippen molar-refractivity contribution in [3.05, 3.63) is 48.3 Å². The number of anilines is 1. The Hall–Kier alpha value is -2.08. The zero-order valence-corrected chi connectivity index (χ0v) is 13.5. The van der Waals surface area contributed by atoms with E-state index in [0.717, 1.165) is 29.4 Å². The molecule has 1 aromatic carbocycles. The van der Waals surface area contributed by atoms with Gasteiger partial charge in [-0.15, -0.1) is 11.8 Å². The highest BCUT2D eigenvalue weighted by Crippen LogP contribution is 2.38. The van der Waals surface area contributed by atoms with Gasteiger partial charge in [0.1, 0.15) is 11.1 Å². The Morgan fingerprint density at radius 2 is 2.23 bits per heavy atom. The zero-order valence-electron chi connectivity index (χ0n) is 12.7. The third kappa shape index (κ3) is 2.92. The molecular formula is C16H19N3O2S. The first kappa shape index (κ1) is 14.8. The van der Waals surface area contributed by atoms with Crippen molar-refractivity contribution < 1.29 is 9.53 Å². The van der Waals surface area contributed by atoms with E-state index in [1.165, 1.54) is 0 Å². The SMILES string of the molecule is COc1cccc(NC(=O)N2CCSC2c2cccn2C)c1. The number of rotatable bonds is 3. The van der Waals surface area contributed by atoms with Crippen LogP contribution in [0.2, 0.25) is 0 Å². The Labute approximate surface area is 134 Å². The van der Waals surface area contributed by atoms with E-state index in [0.29, 0.717) is 0 Å². The largest absolute Gasteiger partial charge is 0.497 e. The lowest BCUT2D eigenvalue weighted by Gasteiger charge is -2.24. The molecule has 1 fully saturated rings. The van der Waals surface area contributed by atoms with E-state index in [1.54, 1.807) is 18.9 Å². The van der Waals surface area contributed by atoms with Crippen LogP contribution in [0.15, 0.2) is 42.6 Å². The summed E-state index contributed by atoms with van der Waals surface area (Å²) >= 11 is 1.79. The molecule has 116 valence electrons. The number of amides is 2. The van der Waals surface area contributed by atoms with Crippen LogP contribution in [-0.2, 0) is 7.05 Å². The number of methoxy groups -OCH3 is 1. The summed E-state index contributed by atoms with van der Waals surface area (Å²) in [7, 11) is 3.62. The monoisotopic (exact) mass is 317 g/mol. The van der Waals surface area contributed by atoms with E-state index in [1.807, 2.05) is 48.5 Å². The maximum atomic E-state index is 12.6. The van der Waals surface area contributed by atoms with E-state index >= 15 is 0 Å². The number of hydrogen-bond donors (Lipinski definition) is 1. The van der Waals surface area contributed by atoms with Crippen molar-refractivity contribution >= 4 is 23.5 Å². The van der Waals surface area contributed by atoms with Gasteiger partial charge >= 0.3 is 6.03 Å². The van der Waals surface area contributed by atoms with Gasteiger partial charge in [0, 0.05) is 37.3 Å². The van der Waals surface area contributed by atoms with Crippen LogP contribution in [0.4, 0.5) is 10.5 Å². The minimum atomic E-state index is -0.0792. The standard InChI is InChI=1S/C16H19N3O2S/c1-18-8-4-7-14(18)15-19(9-10-22-15)16(20)17-12-5-3-6-13(11-12)21-2/h3-8,11,15H,9-10H2,1-2H3,(H,17,20). The fourth-order valence-electron chi connectivity index (χ4n) is 2.55. The number of nitrogens with zero attached hydrogens (tertiary/aromatic N) is 2. The van der Waals surface area contributed by atoms with Gasteiger partial charge in [0.25, 0.3) is 0 Å². The number of benzene rings is 1. The first-order valence-electron chi connectivity index (χ1n) is 7.13.